The second-order valence-electron chi connectivity index (χ2n) is 4.61. The van der Waals surface area contributed by atoms with Gasteiger partial charge in [-0.2, -0.15) is 5.26 Å². The summed E-state index contributed by atoms with van der Waals surface area (Å²) in [5.41, 5.74) is 3.26. The Hall–Kier alpha value is -2.31. The molecule has 0 bridgehead atoms. The lowest BCUT2D eigenvalue weighted by molar-refractivity contribution is 0.220. The highest BCUT2D eigenvalue weighted by molar-refractivity contribution is 5.43. The predicted molar refractivity (Wildman–Crippen MR) is 70.9 cm³/mol. The molecule has 1 aliphatic rings. The van der Waals surface area contributed by atoms with E-state index in [1.54, 1.807) is 18.2 Å². The number of hydrogen-bond donors (Lipinski definition) is 1. The third-order valence-corrected chi connectivity index (χ3v) is 3.36. The second kappa shape index (κ2) is 4.75. The van der Waals surface area contributed by atoms with Crippen molar-refractivity contribution in [2.24, 2.45) is 0 Å². The molecule has 0 saturated heterocycles. The number of ether oxygens (including phenoxy) is 1. The first-order chi connectivity index (χ1) is 9.28. The van der Waals surface area contributed by atoms with Crippen LogP contribution in [0.2, 0.25) is 0 Å². The first kappa shape index (κ1) is 11.8. The minimum absolute atomic E-state index is 0.557. The molecule has 2 aromatic carbocycles. The number of fused-ring (bicyclic) bond motifs is 1. The molecule has 0 aliphatic carbocycles. The summed E-state index contributed by atoms with van der Waals surface area (Å²) in [7, 11) is 0. The van der Waals surface area contributed by atoms with Crippen molar-refractivity contribution in [1.82, 2.24) is 0 Å². The number of aliphatic hydroxyl groups is 1. The number of aliphatic hydroxyl groups excluding tert-OH is 1. The highest BCUT2D eigenvalue weighted by atomic mass is 16.5. The highest BCUT2D eigenvalue weighted by Gasteiger charge is 2.16. The lowest BCUT2D eigenvalue weighted by atomic mass is 9.98. The van der Waals surface area contributed by atoms with Gasteiger partial charge in [0.15, 0.2) is 0 Å². The molecule has 19 heavy (non-hydrogen) atoms. The number of nitrogens with zero attached hydrogens (tertiary/aromatic N) is 1. The summed E-state index contributed by atoms with van der Waals surface area (Å²) in [5, 5.41) is 19.3. The van der Waals surface area contributed by atoms with Gasteiger partial charge >= 0.3 is 0 Å². The monoisotopic (exact) mass is 251 g/mol. The van der Waals surface area contributed by atoms with E-state index in [0.29, 0.717) is 12.2 Å². The topological polar surface area (TPSA) is 53.2 Å². The van der Waals surface area contributed by atoms with Gasteiger partial charge < -0.3 is 9.84 Å². The Morgan fingerprint density at radius 3 is 2.84 bits per heavy atom. The summed E-state index contributed by atoms with van der Waals surface area (Å²) < 4.78 is 5.45. The van der Waals surface area contributed by atoms with Crippen LogP contribution < -0.4 is 4.74 Å². The summed E-state index contributed by atoms with van der Waals surface area (Å²) in [6.07, 6.45) is 0.174. The van der Waals surface area contributed by atoms with Gasteiger partial charge in [-0.3, -0.25) is 0 Å². The molecule has 0 saturated carbocycles. The minimum Gasteiger partial charge on any atom is -0.493 e. The first-order valence-corrected chi connectivity index (χ1v) is 6.21. The Morgan fingerprint density at radius 2 is 2.00 bits per heavy atom. The van der Waals surface area contributed by atoms with E-state index >= 15 is 0 Å². The van der Waals surface area contributed by atoms with E-state index in [9.17, 15) is 5.11 Å². The van der Waals surface area contributed by atoms with Crippen molar-refractivity contribution in [3.63, 3.8) is 0 Å². The van der Waals surface area contributed by atoms with E-state index in [4.69, 9.17) is 10.00 Å². The van der Waals surface area contributed by atoms with Crippen LogP contribution in [0.3, 0.4) is 0 Å². The molecular formula is C16H13NO2. The average molecular weight is 251 g/mol. The van der Waals surface area contributed by atoms with E-state index in [1.807, 2.05) is 24.3 Å². The van der Waals surface area contributed by atoms with Crippen LogP contribution in [0.1, 0.15) is 28.4 Å². The second-order valence-corrected chi connectivity index (χ2v) is 4.61. The number of hydrogen-bond acceptors (Lipinski definition) is 3. The van der Waals surface area contributed by atoms with Crippen LogP contribution in [-0.4, -0.2) is 11.7 Å². The molecule has 0 amide bonds. The predicted octanol–water partition coefficient (Wildman–Crippen LogP) is 2.57. The number of rotatable bonds is 2. The normalized spacial score (nSPS) is 14.3. The zero-order valence-corrected chi connectivity index (χ0v) is 10.3. The maximum Gasteiger partial charge on any atom is 0.122 e. The van der Waals surface area contributed by atoms with E-state index in [0.717, 1.165) is 28.9 Å². The van der Waals surface area contributed by atoms with Crippen LogP contribution in [0.5, 0.6) is 5.75 Å². The SMILES string of the molecule is N#Cc1cccc(C(O)c2ccc3c(c2)CCO3)c1. The molecule has 3 rings (SSSR count). The molecule has 94 valence electrons. The third-order valence-electron chi connectivity index (χ3n) is 3.36. The summed E-state index contributed by atoms with van der Waals surface area (Å²) in [5.74, 6) is 0.904. The Kier molecular flexibility index (Phi) is 2.94. The lowest BCUT2D eigenvalue weighted by Crippen LogP contribution is -2.00. The highest BCUT2D eigenvalue weighted by Crippen LogP contribution is 2.30. The van der Waals surface area contributed by atoms with Crippen molar-refractivity contribution < 1.29 is 9.84 Å². The van der Waals surface area contributed by atoms with Gasteiger partial charge in [-0.25, -0.2) is 0 Å². The van der Waals surface area contributed by atoms with Crippen molar-refractivity contribution in [3.05, 3.63) is 64.7 Å². The van der Waals surface area contributed by atoms with Crippen LogP contribution in [0, 0.1) is 11.3 Å². The quantitative estimate of drug-likeness (QED) is 0.892. The fourth-order valence-corrected chi connectivity index (χ4v) is 2.35. The molecule has 0 spiro atoms. The smallest absolute Gasteiger partial charge is 0.122 e. The average Bonchev–Trinajstić information content (AvgIpc) is 2.94. The van der Waals surface area contributed by atoms with E-state index < -0.39 is 6.10 Å². The maximum atomic E-state index is 10.4. The summed E-state index contributed by atoms with van der Waals surface area (Å²) in [4.78, 5) is 0. The fraction of sp³-hybridized carbons (Fsp3) is 0.188. The Balaban J connectivity index is 1.95. The molecule has 2 aromatic rings. The zero-order valence-electron chi connectivity index (χ0n) is 10.3. The molecule has 0 aromatic heterocycles. The van der Waals surface area contributed by atoms with Gasteiger partial charge in [-0.05, 0) is 41.0 Å². The third kappa shape index (κ3) is 2.18. The summed E-state index contributed by atoms with van der Waals surface area (Å²) in [6, 6.07) is 14.9. The number of benzene rings is 2. The van der Waals surface area contributed by atoms with Gasteiger partial charge in [-0.1, -0.05) is 18.2 Å². The zero-order chi connectivity index (χ0) is 13.2. The van der Waals surface area contributed by atoms with Gasteiger partial charge in [0.2, 0.25) is 0 Å². The van der Waals surface area contributed by atoms with Gasteiger partial charge in [0.1, 0.15) is 11.9 Å². The van der Waals surface area contributed by atoms with Crippen molar-refractivity contribution in [1.29, 1.82) is 5.26 Å². The standard InChI is InChI=1S/C16H13NO2/c17-10-11-2-1-3-13(8-11)16(18)14-4-5-15-12(9-14)6-7-19-15/h1-5,8-9,16,18H,6-7H2. The fourth-order valence-electron chi connectivity index (χ4n) is 2.35. The Labute approximate surface area is 111 Å². The summed E-state index contributed by atoms with van der Waals surface area (Å²) in [6.45, 7) is 0.707. The molecule has 1 heterocycles. The molecule has 3 nitrogen and oxygen atoms in total. The van der Waals surface area contributed by atoms with E-state index in [2.05, 4.69) is 6.07 Å². The van der Waals surface area contributed by atoms with E-state index in [1.165, 1.54) is 0 Å². The molecule has 1 aliphatic heterocycles. The van der Waals surface area contributed by atoms with Crippen LogP contribution in [0.4, 0.5) is 0 Å². The molecule has 1 unspecified atom stereocenters. The molecule has 0 fully saturated rings. The largest absolute Gasteiger partial charge is 0.493 e. The van der Waals surface area contributed by atoms with Crippen molar-refractivity contribution in [2.45, 2.75) is 12.5 Å². The van der Waals surface area contributed by atoms with Gasteiger partial charge in [0, 0.05) is 6.42 Å². The van der Waals surface area contributed by atoms with Crippen molar-refractivity contribution >= 4 is 0 Å². The summed E-state index contributed by atoms with van der Waals surface area (Å²) >= 11 is 0. The van der Waals surface area contributed by atoms with Gasteiger partial charge in [0.25, 0.3) is 0 Å². The van der Waals surface area contributed by atoms with Crippen LogP contribution in [0.25, 0.3) is 0 Å². The van der Waals surface area contributed by atoms with Crippen molar-refractivity contribution in [2.75, 3.05) is 6.61 Å². The molecule has 1 N–H and O–H groups in total. The Bertz CT molecular complexity index is 658. The van der Waals surface area contributed by atoms with Crippen LogP contribution in [-0.2, 0) is 6.42 Å². The minimum atomic E-state index is -0.709. The van der Waals surface area contributed by atoms with E-state index in [-0.39, 0.29) is 0 Å². The molecule has 1 atom stereocenters. The molecular weight excluding hydrogens is 238 g/mol. The first-order valence-electron chi connectivity index (χ1n) is 6.21. The molecule has 0 radical (unpaired) electrons. The van der Waals surface area contributed by atoms with Gasteiger partial charge in [0.05, 0.1) is 18.2 Å². The van der Waals surface area contributed by atoms with Crippen molar-refractivity contribution in [3.8, 4) is 11.8 Å². The van der Waals surface area contributed by atoms with Crippen LogP contribution >= 0.6 is 0 Å². The Morgan fingerprint density at radius 1 is 1.16 bits per heavy atom. The van der Waals surface area contributed by atoms with Gasteiger partial charge in [-0.15, -0.1) is 0 Å². The lowest BCUT2D eigenvalue weighted by Gasteiger charge is -2.12. The number of nitriles is 1. The van der Waals surface area contributed by atoms with Crippen LogP contribution in [0.15, 0.2) is 42.5 Å². The maximum absolute atomic E-state index is 10.4. The molecule has 3 heteroatoms.